The van der Waals surface area contributed by atoms with Crippen LogP contribution in [-0.4, -0.2) is 56.8 Å². The molecule has 2 saturated heterocycles. The fourth-order valence-corrected chi connectivity index (χ4v) is 7.48. The molecule has 6 rings (SSSR count). The van der Waals surface area contributed by atoms with Crippen LogP contribution in [0.4, 0.5) is 11.4 Å². The molecule has 4 heterocycles. The van der Waals surface area contributed by atoms with Crippen molar-refractivity contribution in [2.45, 2.75) is 38.5 Å². The Hall–Kier alpha value is -2.72. The van der Waals surface area contributed by atoms with Crippen LogP contribution < -0.4 is 20.7 Å². The quantitative estimate of drug-likeness (QED) is 0.382. The summed E-state index contributed by atoms with van der Waals surface area (Å²) < 4.78 is 5.48. The Bertz CT molecular complexity index is 1330. The number of nitrogens with zero attached hydrogens (tertiary/aromatic N) is 2. The van der Waals surface area contributed by atoms with E-state index in [-0.39, 0.29) is 11.6 Å². The molecule has 186 valence electrons. The van der Waals surface area contributed by atoms with Gasteiger partial charge in [-0.05, 0) is 49.7 Å². The van der Waals surface area contributed by atoms with Gasteiger partial charge in [-0.2, -0.15) is 0 Å². The van der Waals surface area contributed by atoms with Crippen molar-refractivity contribution in [2.24, 2.45) is 0 Å². The number of piperidine rings is 1. The molecule has 9 heteroatoms. The van der Waals surface area contributed by atoms with E-state index in [9.17, 15) is 9.59 Å². The highest BCUT2D eigenvalue weighted by molar-refractivity contribution is 8.05. The molecule has 0 saturated carbocycles. The van der Waals surface area contributed by atoms with Crippen molar-refractivity contribution in [3.05, 3.63) is 58.9 Å². The standard InChI is InChI=1S/C27H28N4O3S2/c32-17-31(19-3-2-8-28-16-19)18-6-7-23-25(14-18)35-24-5-1-4-21(27(24)36-23)22-13-20(15-26(33)29-22)30-9-11-34-12-10-30/h1,4-7,13-15,17,19,28H,2-3,8-12,16H2,(H,29,33). The van der Waals surface area contributed by atoms with E-state index in [1.807, 2.05) is 17.0 Å². The lowest BCUT2D eigenvalue weighted by Crippen LogP contribution is -2.45. The molecule has 0 bridgehead atoms. The first-order valence-electron chi connectivity index (χ1n) is 12.3. The molecular weight excluding hydrogens is 492 g/mol. The van der Waals surface area contributed by atoms with Gasteiger partial charge in [0.05, 0.1) is 18.9 Å². The monoisotopic (exact) mass is 520 g/mol. The number of rotatable bonds is 5. The van der Waals surface area contributed by atoms with Gasteiger partial charge in [-0.3, -0.25) is 9.59 Å². The summed E-state index contributed by atoms with van der Waals surface area (Å²) in [5.74, 6) is 0. The van der Waals surface area contributed by atoms with E-state index < -0.39 is 0 Å². The Kier molecular flexibility index (Phi) is 6.79. The van der Waals surface area contributed by atoms with E-state index in [1.54, 1.807) is 29.6 Å². The molecule has 3 aliphatic rings. The average molecular weight is 521 g/mol. The van der Waals surface area contributed by atoms with Crippen LogP contribution >= 0.6 is 23.5 Å². The molecule has 1 aromatic heterocycles. The highest BCUT2D eigenvalue weighted by Gasteiger charge is 2.25. The summed E-state index contributed by atoms with van der Waals surface area (Å²) in [7, 11) is 0. The number of carbonyl (C=O) groups is 1. The molecule has 0 spiro atoms. The predicted octanol–water partition coefficient (Wildman–Crippen LogP) is 4.21. The molecule has 1 amide bonds. The molecule has 3 aromatic rings. The first-order valence-corrected chi connectivity index (χ1v) is 14.0. The van der Waals surface area contributed by atoms with Crippen LogP contribution in [0.5, 0.6) is 0 Å². The normalized spacial score (nSPS) is 19.3. The van der Waals surface area contributed by atoms with Gasteiger partial charge in [0.2, 0.25) is 12.0 Å². The Morgan fingerprint density at radius 1 is 1.03 bits per heavy atom. The van der Waals surface area contributed by atoms with Gasteiger partial charge >= 0.3 is 0 Å². The van der Waals surface area contributed by atoms with E-state index in [4.69, 9.17) is 4.74 Å². The minimum atomic E-state index is -0.101. The summed E-state index contributed by atoms with van der Waals surface area (Å²) in [6.07, 6.45) is 3.05. The Morgan fingerprint density at radius 2 is 1.92 bits per heavy atom. The summed E-state index contributed by atoms with van der Waals surface area (Å²) in [5, 5.41) is 3.40. The Balaban J connectivity index is 1.31. The number of nitrogens with one attached hydrogen (secondary N) is 2. The number of amides is 1. The first-order chi connectivity index (χ1) is 17.7. The number of aromatic amines is 1. The third kappa shape index (κ3) is 4.68. The highest BCUT2D eigenvalue weighted by Crippen LogP contribution is 2.52. The molecule has 3 aliphatic heterocycles. The minimum Gasteiger partial charge on any atom is -0.378 e. The lowest BCUT2D eigenvalue weighted by atomic mass is 10.1. The second-order valence-electron chi connectivity index (χ2n) is 9.20. The van der Waals surface area contributed by atoms with Gasteiger partial charge in [0.15, 0.2) is 0 Å². The molecule has 36 heavy (non-hydrogen) atoms. The van der Waals surface area contributed by atoms with Gasteiger partial charge in [0, 0.05) is 68.3 Å². The maximum Gasteiger partial charge on any atom is 0.250 e. The topological polar surface area (TPSA) is 77.7 Å². The van der Waals surface area contributed by atoms with Crippen molar-refractivity contribution in [2.75, 3.05) is 49.2 Å². The van der Waals surface area contributed by atoms with Crippen LogP contribution in [0.15, 0.2) is 72.9 Å². The first kappa shape index (κ1) is 23.7. The number of hydrogen-bond donors (Lipinski definition) is 2. The number of anilines is 2. The minimum absolute atomic E-state index is 0.101. The largest absolute Gasteiger partial charge is 0.378 e. The molecule has 0 radical (unpaired) electrons. The van der Waals surface area contributed by atoms with Gasteiger partial charge < -0.3 is 24.8 Å². The van der Waals surface area contributed by atoms with Crippen LogP contribution in [0.1, 0.15) is 12.8 Å². The smallest absolute Gasteiger partial charge is 0.250 e. The van der Waals surface area contributed by atoms with Crippen molar-refractivity contribution < 1.29 is 9.53 Å². The van der Waals surface area contributed by atoms with Crippen LogP contribution in [-0.2, 0) is 9.53 Å². The Morgan fingerprint density at radius 3 is 2.72 bits per heavy atom. The molecule has 2 fully saturated rings. The number of fused-ring (bicyclic) bond motifs is 2. The third-order valence-electron chi connectivity index (χ3n) is 6.91. The lowest BCUT2D eigenvalue weighted by Gasteiger charge is -2.32. The summed E-state index contributed by atoms with van der Waals surface area (Å²) in [5.41, 5.74) is 3.61. The van der Waals surface area contributed by atoms with Crippen molar-refractivity contribution >= 4 is 41.3 Å². The maximum atomic E-state index is 12.6. The molecule has 7 nitrogen and oxygen atoms in total. The van der Waals surface area contributed by atoms with Crippen molar-refractivity contribution in [3.8, 4) is 11.3 Å². The van der Waals surface area contributed by atoms with Gasteiger partial charge in [-0.15, -0.1) is 0 Å². The van der Waals surface area contributed by atoms with E-state index in [0.717, 1.165) is 87.6 Å². The zero-order valence-corrected chi connectivity index (χ0v) is 21.5. The van der Waals surface area contributed by atoms with Crippen molar-refractivity contribution in [1.29, 1.82) is 0 Å². The van der Waals surface area contributed by atoms with Gasteiger partial charge in [0.25, 0.3) is 0 Å². The van der Waals surface area contributed by atoms with Crippen LogP contribution in [0.25, 0.3) is 11.3 Å². The fraction of sp³-hybridized carbons (Fsp3) is 0.333. The summed E-state index contributed by atoms with van der Waals surface area (Å²) >= 11 is 3.44. The molecule has 2 aromatic carbocycles. The zero-order chi connectivity index (χ0) is 24.5. The lowest BCUT2D eigenvalue weighted by molar-refractivity contribution is -0.108. The zero-order valence-electron chi connectivity index (χ0n) is 19.9. The Labute approximate surface area is 218 Å². The van der Waals surface area contributed by atoms with E-state index in [2.05, 4.69) is 45.5 Å². The summed E-state index contributed by atoms with van der Waals surface area (Å²) in [6, 6.07) is 16.5. The van der Waals surface area contributed by atoms with Crippen molar-refractivity contribution in [1.82, 2.24) is 10.3 Å². The number of pyridine rings is 1. The molecule has 2 N–H and O–H groups in total. The molecular formula is C27H28N4O3S2. The molecule has 1 atom stereocenters. The van der Waals surface area contributed by atoms with E-state index >= 15 is 0 Å². The SMILES string of the molecule is O=CN(c1ccc2c(c1)Sc1cccc(-c3cc(N4CCOCC4)cc(=O)[nH]3)c1S2)C1CCCNC1. The van der Waals surface area contributed by atoms with Crippen molar-refractivity contribution in [3.63, 3.8) is 0 Å². The second kappa shape index (κ2) is 10.3. The van der Waals surface area contributed by atoms with Crippen LogP contribution in [0.2, 0.25) is 0 Å². The number of morpholine rings is 1. The predicted molar refractivity (Wildman–Crippen MR) is 145 cm³/mol. The van der Waals surface area contributed by atoms with Gasteiger partial charge in [0.1, 0.15) is 0 Å². The van der Waals surface area contributed by atoms with Crippen LogP contribution in [0.3, 0.4) is 0 Å². The number of carbonyl (C=O) groups excluding carboxylic acids is 1. The number of H-pyrrole nitrogens is 1. The molecule has 0 aliphatic carbocycles. The van der Waals surface area contributed by atoms with E-state index in [0.29, 0.717) is 13.2 Å². The number of ether oxygens (including phenoxy) is 1. The average Bonchev–Trinajstić information content (AvgIpc) is 2.93. The molecule has 1 unspecified atom stereocenters. The fourth-order valence-electron chi connectivity index (χ4n) is 5.07. The van der Waals surface area contributed by atoms with Gasteiger partial charge in [-0.1, -0.05) is 35.7 Å². The van der Waals surface area contributed by atoms with E-state index in [1.165, 1.54) is 0 Å². The van der Waals surface area contributed by atoms with Crippen LogP contribution in [0, 0.1) is 0 Å². The summed E-state index contributed by atoms with van der Waals surface area (Å²) in [6.45, 7) is 4.75. The maximum absolute atomic E-state index is 12.6. The van der Waals surface area contributed by atoms with Gasteiger partial charge in [-0.25, -0.2) is 0 Å². The summed E-state index contributed by atoms with van der Waals surface area (Å²) in [4.78, 5) is 36.3. The third-order valence-corrected chi connectivity index (χ3v) is 9.51. The second-order valence-corrected chi connectivity index (χ2v) is 11.3. The number of benzene rings is 2. The number of aromatic nitrogens is 1. The highest BCUT2D eigenvalue weighted by atomic mass is 32.2. The number of hydrogen-bond acceptors (Lipinski definition) is 7.